The van der Waals surface area contributed by atoms with E-state index in [4.69, 9.17) is 0 Å². The fraction of sp³-hybridized carbons (Fsp3) is 0.400. The molecule has 174 valence electrons. The molecule has 8 nitrogen and oxygen atoms in total. The van der Waals surface area contributed by atoms with E-state index in [0.717, 1.165) is 48.9 Å². The third-order valence-electron chi connectivity index (χ3n) is 6.54. The van der Waals surface area contributed by atoms with Gasteiger partial charge in [-0.2, -0.15) is 0 Å². The number of carbonyl (C=O) groups is 3. The summed E-state index contributed by atoms with van der Waals surface area (Å²) in [4.78, 5) is 44.2. The molecule has 2 N–H and O–H groups in total. The van der Waals surface area contributed by atoms with E-state index in [1.807, 2.05) is 55.5 Å². The quantitative estimate of drug-likeness (QED) is 0.662. The van der Waals surface area contributed by atoms with Crippen molar-refractivity contribution >= 4 is 29.2 Å². The number of nitrogens with zero attached hydrogens (tertiary/aromatic N) is 3. The van der Waals surface area contributed by atoms with Crippen molar-refractivity contribution in [2.75, 3.05) is 49.5 Å². The van der Waals surface area contributed by atoms with Crippen LogP contribution < -0.4 is 15.5 Å². The lowest BCUT2D eigenvalue weighted by atomic mass is 9.91. The van der Waals surface area contributed by atoms with E-state index in [0.29, 0.717) is 11.3 Å². The first-order valence-corrected chi connectivity index (χ1v) is 11.4. The minimum Gasteiger partial charge on any atom is -0.367 e. The zero-order valence-electron chi connectivity index (χ0n) is 19.4. The molecule has 4 rings (SSSR count). The first kappa shape index (κ1) is 22.8. The molecule has 1 atom stereocenters. The number of urea groups is 1. The number of amides is 4. The van der Waals surface area contributed by atoms with Crippen LogP contribution in [0.25, 0.3) is 0 Å². The molecule has 1 unspecified atom stereocenters. The molecule has 0 saturated carbocycles. The molecule has 2 aromatic carbocycles. The van der Waals surface area contributed by atoms with Gasteiger partial charge in [-0.3, -0.25) is 14.5 Å². The minimum atomic E-state index is -1.19. The second kappa shape index (κ2) is 9.23. The first-order valence-electron chi connectivity index (χ1n) is 11.4. The standard InChI is InChI=1S/C25H31N5O3/c1-4-28-13-15-29(16-14-28)21-8-6-5-7-20(21)26-22(31)17-30-23(32)25(3,27-24(30)33)19-11-9-18(2)10-12-19/h5-12H,4,13-17H2,1-3H3,(H,26,31)(H,27,33). The molecule has 4 amide bonds. The van der Waals surface area contributed by atoms with Crippen LogP contribution >= 0.6 is 0 Å². The van der Waals surface area contributed by atoms with Crippen molar-refractivity contribution < 1.29 is 14.4 Å². The molecule has 0 bridgehead atoms. The second-order valence-corrected chi connectivity index (χ2v) is 8.80. The Morgan fingerprint density at radius 3 is 2.36 bits per heavy atom. The van der Waals surface area contributed by atoms with Crippen molar-refractivity contribution in [3.63, 3.8) is 0 Å². The average molecular weight is 450 g/mol. The summed E-state index contributed by atoms with van der Waals surface area (Å²) in [6.45, 7) is 10.2. The number of benzene rings is 2. The van der Waals surface area contributed by atoms with Crippen LogP contribution in [0.1, 0.15) is 25.0 Å². The zero-order valence-corrected chi connectivity index (χ0v) is 19.4. The maximum Gasteiger partial charge on any atom is 0.325 e. The van der Waals surface area contributed by atoms with Gasteiger partial charge in [-0.05, 0) is 38.1 Å². The van der Waals surface area contributed by atoms with E-state index >= 15 is 0 Å². The fourth-order valence-electron chi connectivity index (χ4n) is 4.42. The highest BCUT2D eigenvalue weighted by atomic mass is 16.2. The maximum absolute atomic E-state index is 13.1. The van der Waals surface area contributed by atoms with E-state index in [1.165, 1.54) is 0 Å². The second-order valence-electron chi connectivity index (χ2n) is 8.80. The summed E-state index contributed by atoms with van der Waals surface area (Å²) in [7, 11) is 0. The molecule has 33 heavy (non-hydrogen) atoms. The third-order valence-corrected chi connectivity index (χ3v) is 6.54. The van der Waals surface area contributed by atoms with Gasteiger partial charge in [0.15, 0.2) is 0 Å². The number of rotatable bonds is 6. The number of piperazine rings is 1. The average Bonchev–Trinajstić information content (AvgIpc) is 3.03. The van der Waals surface area contributed by atoms with Crippen molar-refractivity contribution in [1.29, 1.82) is 0 Å². The molecule has 2 saturated heterocycles. The number of hydrogen-bond donors (Lipinski definition) is 2. The molecule has 0 aliphatic carbocycles. The van der Waals surface area contributed by atoms with Gasteiger partial charge in [0.2, 0.25) is 5.91 Å². The highest BCUT2D eigenvalue weighted by Gasteiger charge is 2.49. The highest BCUT2D eigenvalue weighted by Crippen LogP contribution is 2.30. The Morgan fingerprint density at radius 2 is 1.70 bits per heavy atom. The monoisotopic (exact) mass is 449 g/mol. The Kier molecular flexibility index (Phi) is 6.37. The molecule has 2 fully saturated rings. The minimum absolute atomic E-state index is 0.343. The van der Waals surface area contributed by atoms with Crippen molar-refractivity contribution in [2.45, 2.75) is 26.3 Å². The molecule has 0 spiro atoms. The SMILES string of the molecule is CCN1CCN(c2ccccc2NC(=O)CN2C(=O)NC(C)(c3ccc(C)cc3)C2=O)CC1. The van der Waals surface area contributed by atoms with Gasteiger partial charge < -0.3 is 20.4 Å². The van der Waals surface area contributed by atoms with Gasteiger partial charge in [-0.25, -0.2) is 4.79 Å². The molecule has 0 radical (unpaired) electrons. The predicted molar refractivity (Wildman–Crippen MR) is 128 cm³/mol. The Bertz CT molecular complexity index is 1050. The first-order chi connectivity index (χ1) is 15.8. The topological polar surface area (TPSA) is 85.0 Å². The van der Waals surface area contributed by atoms with Gasteiger partial charge in [0, 0.05) is 26.2 Å². The van der Waals surface area contributed by atoms with Crippen LogP contribution in [0.3, 0.4) is 0 Å². The van der Waals surface area contributed by atoms with Gasteiger partial charge in [0.05, 0.1) is 11.4 Å². The Labute approximate surface area is 194 Å². The van der Waals surface area contributed by atoms with Crippen LogP contribution in [-0.4, -0.2) is 66.9 Å². The maximum atomic E-state index is 13.1. The normalized spacial score (nSPS) is 21.3. The Morgan fingerprint density at radius 1 is 1.03 bits per heavy atom. The molecule has 8 heteroatoms. The molecule has 2 aliphatic rings. The van der Waals surface area contributed by atoms with E-state index < -0.39 is 23.4 Å². The van der Waals surface area contributed by atoms with E-state index in [9.17, 15) is 14.4 Å². The number of nitrogens with one attached hydrogen (secondary N) is 2. The molecular weight excluding hydrogens is 418 g/mol. The molecule has 2 heterocycles. The third kappa shape index (κ3) is 4.57. The van der Waals surface area contributed by atoms with Crippen molar-refractivity contribution in [2.24, 2.45) is 0 Å². The van der Waals surface area contributed by atoms with Gasteiger partial charge in [0.1, 0.15) is 12.1 Å². The van der Waals surface area contributed by atoms with Crippen molar-refractivity contribution in [3.05, 3.63) is 59.7 Å². The van der Waals surface area contributed by atoms with Crippen molar-refractivity contribution in [3.8, 4) is 0 Å². The lowest BCUT2D eigenvalue weighted by Gasteiger charge is -2.36. The summed E-state index contributed by atoms with van der Waals surface area (Å²) in [5, 5.41) is 5.66. The van der Waals surface area contributed by atoms with E-state index in [2.05, 4.69) is 27.4 Å². The Balaban J connectivity index is 1.45. The number of hydrogen-bond acceptors (Lipinski definition) is 5. The summed E-state index contributed by atoms with van der Waals surface area (Å²) in [5.41, 5.74) is 2.18. The van der Waals surface area contributed by atoms with Crippen molar-refractivity contribution in [1.82, 2.24) is 15.1 Å². The molecule has 2 aliphatic heterocycles. The summed E-state index contributed by atoms with van der Waals surface area (Å²) in [6.07, 6.45) is 0. The van der Waals surface area contributed by atoms with Gasteiger partial charge in [-0.1, -0.05) is 48.9 Å². The number of likely N-dealkylation sites (N-methyl/N-ethyl adjacent to an activating group) is 1. The van der Waals surface area contributed by atoms with Crippen LogP contribution in [0, 0.1) is 6.92 Å². The number of anilines is 2. The Hall–Kier alpha value is -3.39. The van der Waals surface area contributed by atoms with Crippen LogP contribution in [0.2, 0.25) is 0 Å². The van der Waals surface area contributed by atoms with Crippen LogP contribution in [-0.2, 0) is 15.1 Å². The number of aryl methyl sites for hydroxylation is 1. The fourth-order valence-corrected chi connectivity index (χ4v) is 4.42. The number of para-hydroxylation sites is 2. The smallest absolute Gasteiger partial charge is 0.325 e. The van der Waals surface area contributed by atoms with E-state index in [-0.39, 0.29) is 6.54 Å². The predicted octanol–water partition coefficient (Wildman–Crippen LogP) is 2.54. The lowest BCUT2D eigenvalue weighted by Crippen LogP contribution is -2.46. The highest BCUT2D eigenvalue weighted by molar-refractivity contribution is 6.10. The summed E-state index contributed by atoms with van der Waals surface area (Å²) < 4.78 is 0. The van der Waals surface area contributed by atoms with E-state index in [1.54, 1.807) is 6.92 Å². The molecular formula is C25H31N5O3. The number of imide groups is 1. The largest absolute Gasteiger partial charge is 0.367 e. The molecule has 2 aromatic rings. The summed E-state index contributed by atoms with van der Waals surface area (Å²) in [5.74, 6) is -0.846. The zero-order chi connectivity index (χ0) is 23.6. The lowest BCUT2D eigenvalue weighted by molar-refractivity contribution is -0.133. The van der Waals surface area contributed by atoms with Crippen LogP contribution in [0.4, 0.5) is 16.2 Å². The van der Waals surface area contributed by atoms with Gasteiger partial charge >= 0.3 is 6.03 Å². The molecule has 0 aromatic heterocycles. The summed E-state index contributed by atoms with van der Waals surface area (Å²) >= 11 is 0. The summed E-state index contributed by atoms with van der Waals surface area (Å²) in [6, 6.07) is 14.5. The van der Waals surface area contributed by atoms with Gasteiger partial charge in [-0.15, -0.1) is 0 Å². The van der Waals surface area contributed by atoms with Crippen LogP contribution in [0.15, 0.2) is 48.5 Å². The number of carbonyl (C=O) groups excluding carboxylic acids is 3. The van der Waals surface area contributed by atoms with Crippen LogP contribution in [0.5, 0.6) is 0 Å². The van der Waals surface area contributed by atoms with Gasteiger partial charge in [0.25, 0.3) is 5.91 Å².